The molecule has 17 heavy (non-hydrogen) atoms. The van der Waals surface area contributed by atoms with Crippen molar-refractivity contribution >= 4 is 0 Å². The number of ether oxygens (including phenoxy) is 2. The largest absolute Gasteiger partial charge is 0.355 e. The third-order valence-corrected chi connectivity index (χ3v) is 3.22. The minimum absolute atomic E-state index is 0.164. The fraction of sp³-hybridized carbons (Fsp3) is 0.571. The Kier molecular flexibility index (Phi) is 4.54. The number of hydrogen-bond acceptors (Lipinski definition) is 3. The Morgan fingerprint density at radius 2 is 1.94 bits per heavy atom. The maximum Gasteiger partial charge on any atom is 0.169 e. The van der Waals surface area contributed by atoms with Gasteiger partial charge in [0.15, 0.2) is 6.29 Å². The predicted molar refractivity (Wildman–Crippen MR) is 67.9 cm³/mol. The molecular weight excluding hydrogens is 214 g/mol. The van der Waals surface area contributed by atoms with E-state index in [0.717, 1.165) is 12.5 Å². The van der Waals surface area contributed by atoms with Gasteiger partial charge in [0.2, 0.25) is 0 Å². The molecule has 1 aliphatic carbocycles. The quantitative estimate of drug-likeness (QED) is 0.735. The molecule has 0 radical (unpaired) electrons. The van der Waals surface area contributed by atoms with E-state index in [2.05, 4.69) is 29.6 Å². The second kappa shape index (κ2) is 6.15. The van der Waals surface area contributed by atoms with E-state index < -0.39 is 0 Å². The van der Waals surface area contributed by atoms with E-state index in [1.807, 2.05) is 0 Å². The van der Waals surface area contributed by atoms with Gasteiger partial charge in [0.1, 0.15) is 0 Å². The van der Waals surface area contributed by atoms with Crippen molar-refractivity contribution < 1.29 is 9.47 Å². The van der Waals surface area contributed by atoms with Gasteiger partial charge in [0.05, 0.1) is 0 Å². The fourth-order valence-corrected chi connectivity index (χ4v) is 2.08. The van der Waals surface area contributed by atoms with Gasteiger partial charge in [0.25, 0.3) is 0 Å². The Morgan fingerprint density at radius 1 is 1.24 bits per heavy atom. The van der Waals surface area contributed by atoms with E-state index in [9.17, 15) is 0 Å². The predicted octanol–water partition coefficient (Wildman–Crippen LogP) is 2.27. The summed E-state index contributed by atoms with van der Waals surface area (Å²) in [6, 6.07) is 8.69. The van der Waals surface area contributed by atoms with Crippen LogP contribution in [0.4, 0.5) is 0 Å². The maximum atomic E-state index is 5.14. The SMILES string of the molecule is COC(CNCc1ccccc1C1CC1)OC. The lowest BCUT2D eigenvalue weighted by molar-refractivity contribution is -0.0989. The summed E-state index contributed by atoms with van der Waals surface area (Å²) in [5.41, 5.74) is 2.91. The number of hydrogen-bond donors (Lipinski definition) is 1. The molecule has 1 saturated carbocycles. The number of methoxy groups -OCH3 is 2. The van der Waals surface area contributed by atoms with Crippen molar-refractivity contribution in [1.29, 1.82) is 0 Å². The Hall–Kier alpha value is -0.900. The van der Waals surface area contributed by atoms with Crippen LogP contribution in [0.3, 0.4) is 0 Å². The van der Waals surface area contributed by atoms with Gasteiger partial charge in [-0.3, -0.25) is 0 Å². The Morgan fingerprint density at radius 3 is 2.59 bits per heavy atom. The second-order valence-corrected chi connectivity index (χ2v) is 4.50. The summed E-state index contributed by atoms with van der Waals surface area (Å²) in [6.45, 7) is 1.60. The molecule has 2 rings (SSSR count). The maximum absolute atomic E-state index is 5.14. The summed E-state index contributed by atoms with van der Waals surface area (Å²) in [7, 11) is 3.32. The van der Waals surface area contributed by atoms with Crippen molar-refractivity contribution in [3.63, 3.8) is 0 Å². The van der Waals surface area contributed by atoms with Gasteiger partial charge in [-0.05, 0) is 29.9 Å². The summed E-state index contributed by atoms with van der Waals surface area (Å²) in [6.07, 6.45) is 2.52. The summed E-state index contributed by atoms with van der Waals surface area (Å²) in [5, 5.41) is 3.38. The number of benzene rings is 1. The Bertz CT molecular complexity index is 346. The van der Waals surface area contributed by atoms with E-state index in [1.165, 1.54) is 24.0 Å². The lowest BCUT2D eigenvalue weighted by Gasteiger charge is -2.15. The molecule has 1 aliphatic rings. The normalized spacial score (nSPS) is 15.5. The van der Waals surface area contributed by atoms with Gasteiger partial charge >= 0.3 is 0 Å². The summed E-state index contributed by atoms with van der Waals surface area (Å²) in [5.74, 6) is 0.800. The van der Waals surface area contributed by atoms with Gasteiger partial charge in [-0.2, -0.15) is 0 Å². The van der Waals surface area contributed by atoms with Crippen molar-refractivity contribution in [3.05, 3.63) is 35.4 Å². The van der Waals surface area contributed by atoms with Crippen LogP contribution in [-0.2, 0) is 16.0 Å². The zero-order valence-electron chi connectivity index (χ0n) is 10.6. The first kappa shape index (κ1) is 12.6. The summed E-state index contributed by atoms with van der Waals surface area (Å²) in [4.78, 5) is 0. The van der Waals surface area contributed by atoms with Crippen LogP contribution < -0.4 is 5.32 Å². The zero-order chi connectivity index (χ0) is 12.1. The van der Waals surface area contributed by atoms with Crippen molar-refractivity contribution in [2.24, 2.45) is 0 Å². The standard InChI is InChI=1S/C14H21NO2/c1-16-14(17-2)10-15-9-12-5-3-4-6-13(12)11-7-8-11/h3-6,11,14-15H,7-10H2,1-2H3. The minimum atomic E-state index is -0.164. The van der Waals surface area contributed by atoms with E-state index in [4.69, 9.17) is 9.47 Å². The lowest BCUT2D eigenvalue weighted by Crippen LogP contribution is -2.29. The first-order valence-electron chi connectivity index (χ1n) is 6.19. The molecule has 3 nitrogen and oxygen atoms in total. The Labute approximate surface area is 103 Å². The average Bonchev–Trinajstić information content (AvgIpc) is 3.19. The third kappa shape index (κ3) is 3.53. The molecule has 0 heterocycles. The van der Waals surface area contributed by atoms with Crippen LogP contribution in [-0.4, -0.2) is 27.1 Å². The molecule has 0 saturated heterocycles. The van der Waals surface area contributed by atoms with Gasteiger partial charge in [-0.1, -0.05) is 24.3 Å². The highest BCUT2D eigenvalue weighted by Gasteiger charge is 2.25. The van der Waals surface area contributed by atoms with Gasteiger partial charge in [-0.15, -0.1) is 0 Å². The smallest absolute Gasteiger partial charge is 0.169 e. The van der Waals surface area contributed by atoms with E-state index in [1.54, 1.807) is 14.2 Å². The molecule has 0 unspecified atom stereocenters. The van der Waals surface area contributed by atoms with E-state index >= 15 is 0 Å². The van der Waals surface area contributed by atoms with Crippen molar-refractivity contribution in [1.82, 2.24) is 5.32 Å². The topological polar surface area (TPSA) is 30.5 Å². The van der Waals surface area contributed by atoms with Crippen molar-refractivity contribution in [2.75, 3.05) is 20.8 Å². The first-order valence-corrected chi connectivity index (χ1v) is 6.19. The molecule has 0 spiro atoms. The van der Waals surface area contributed by atoms with Crippen LogP contribution in [0.5, 0.6) is 0 Å². The first-order chi connectivity index (χ1) is 8.35. The molecule has 0 atom stereocenters. The molecule has 0 aliphatic heterocycles. The van der Waals surface area contributed by atoms with Gasteiger partial charge in [0, 0.05) is 27.3 Å². The number of rotatable bonds is 7. The van der Waals surface area contributed by atoms with Gasteiger partial charge in [-0.25, -0.2) is 0 Å². The molecule has 1 aromatic carbocycles. The lowest BCUT2D eigenvalue weighted by atomic mass is 10.0. The molecule has 3 heteroatoms. The molecule has 1 fully saturated rings. The molecule has 0 aromatic heterocycles. The van der Waals surface area contributed by atoms with Crippen molar-refractivity contribution in [2.45, 2.75) is 31.6 Å². The van der Waals surface area contributed by atoms with Crippen LogP contribution in [0, 0.1) is 0 Å². The highest BCUT2D eigenvalue weighted by atomic mass is 16.7. The van der Waals surface area contributed by atoms with Crippen LogP contribution >= 0.6 is 0 Å². The van der Waals surface area contributed by atoms with Crippen LogP contribution in [0.25, 0.3) is 0 Å². The molecular formula is C14H21NO2. The minimum Gasteiger partial charge on any atom is -0.355 e. The molecule has 0 amide bonds. The average molecular weight is 235 g/mol. The summed E-state index contributed by atoms with van der Waals surface area (Å²) >= 11 is 0. The van der Waals surface area contributed by atoms with Crippen LogP contribution in [0.15, 0.2) is 24.3 Å². The fourth-order valence-electron chi connectivity index (χ4n) is 2.08. The zero-order valence-corrected chi connectivity index (χ0v) is 10.6. The third-order valence-electron chi connectivity index (χ3n) is 3.22. The van der Waals surface area contributed by atoms with Gasteiger partial charge < -0.3 is 14.8 Å². The number of nitrogens with one attached hydrogen (secondary N) is 1. The second-order valence-electron chi connectivity index (χ2n) is 4.50. The van der Waals surface area contributed by atoms with Crippen LogP contribution in [0.1, 0.15) is 29.9 Å². The molecule has 1 N–H and O–H groups in total. The monoisotopic (exact) mass is 235 g/mol. The Balaban J connectivity index is 1.86. The highest BCUT2D eigenvalue weighted by Crippen LogP contribution is 2.41. The molecule has 0 bridgehead atoms. The van der Waals surface area contributed by atoms with Crippen molar-refractivity contribution in [3.8, 4) is 0 Å². The molecule has 1 aromatic rings. The molecule has 94 valence electrons. The van der Waals surface area contributed by atoms with E-state index in [0.29, 0.717) is 6.54 Å². The summed E-state index contributed by atoms with van der Waals surface area (Å²) < 4.78 is 10.3. The van der Waals surface area contributed by atoms with E-state index in [-0.39, 0.29) is 6.29 Å². The highest BCUT2D eigenvalue weighted by molar-refractivity contribution is 5.33. The van der Waals surface area contributed by atoms with Crippen LogP contribution in [0.2, 0.25) is 0 Å².